The molecule has 0 saturated carbocycles. The fraction of sp³-hybridized carbons (Fsp3) is 0.263. The summed E-state index contributed by atoms with van der Waals surface area (Å²) in [4.78, 5) is 12.5. The Labute approximate surface area is 166 Å². The lowest BCUT2D eigenvalue weighted by Gasteiger charge is -2.12. The van der Waals surface area contributed by atoms with Gasteiger partial charge in [-0.05, 0) is 54.5 Å². The zero-order chi connectivity index (χ0) is 19.7. The first-order chi connectivity index (χ1) is 13.5. The molecule has 0 saturated heterocycles. The smallest absolute Gasteiger partial charge is 0.234 e. The highest BCUT2D eigenvalue weighted by atomic mass is 32.2. The predicted octanol–water partition coefficient (Wildman–Crippen LogP) is 3.05. The second-order valence-corrected chi connectivity index (χ2v) is 7.46. The minimum atomic E-state index is -0.111. The van der Waals surface area contributed by atoms with Crippen molar-refractivity contribution < 1.29 is 14.3 Å². The number of thioether (sulfide) groups is 1. The van der Waals surface area contributed by atoms with Crippen LogP contribution in [0.4, 0.5) is 5.69 Å². The predicted molar refractivity (Wildman–Crippen MR) is 105 cm³/mol. The van der Waals surface area contributed by atoms with Crippen molar-refractivity contribution in [2.45, 2.75) is 25.9 Å². The molecule has 3 aromatic rings. The quantitative estimate of drug-likeness (QED) is 0.662. The number of aryl methyl sites for hydroxylation is 3. The molecule has 28 heavy (non-hydrogen) atoms. The summed E-state index contributed by atoms with van der Waals surface area (Å²) in [7, 11) is 0. The van der Waals surface area contributed by atoms with Crippen LogP contribution in [0.3, 0.4) is 0 Å². The molecule has 0 atom stereocenters. The van der Waals surface area contributed by atoms with E-state index in [4.69, 9.17) is 9.47 Å². The summed E-state index contributed by atoms with van der Waals surface area (Å²) in [6.07, 6.45) is 0. The van der Waals surface area contributed by atoms with Crippen LogP contribution < -0.4 is 14.8 Å². The van der Waals surface area contributed by atoms with Crippen molar-refractivity contribution in [1.29, 1.82) is 0 Å². The third-order valence-corrected chi connectivity index (χ3v) is 5.23. The van der Waals surface area contributed by atoms with E-state index in [2.05, 4.69) is 33.0 Å². The van der Waals surface area contributed by atoms with Crippen LogP contribution in [0.25, 0.3) is 5.69 Å². The van der Waals surface area contributed by atoms with Crippen molar-refractivity contribution in [3.05, 3.63) is 47.0 Å². The van der Waals surface area contributed by atoms with Crippen LogP contribution in [-0.2, 0) is 4.79 Å². The van der Waals surface area contributed by atoms with E-state index in [1.807, 2.05) is 39.0 Å². The molecule has 0 radical (unpaired) electrons. The molecule has 2 aromatic carbocycles. The minimum absolute atomic E-state index is 0.111. The van der Waals surface area contributed by atoms with Crippen molar-refractivity contribution in [2.24, 2.45) is 0 Å². The summed E-state index contributed by atoms with van der Waals surface area (Å²) in [6, 6.07) is 9.56. The van der Waals surface area contributed by atoms with E-state index < -0.39 is 0 Å². The summed E-state index contributed by atoms with van der Waals surface area (Å²) in [6.45, 7) is 6.22. The lowest BCUT2D eigenvalue weighted by molar-refractivity contribution is -0.113. The number of carbonyl (C=O) groups excluding carboxylic acids is 1. The molecule has 0 aliphatic carbocycles. The molecule has 0 unspecified atom stereocenters. The van der Waals surface area contributed by atoms with Crippen LogP contribution in [-0.4, -0.2) is 38.7 Å². The maximum absolute atomic E-state index is 12.5. The molecule has 1 aliphatic heterocycles. The Morgan fingerprint density at radius 3 is 2.68 bits per heavy atom. The lowest BCUT2D eigenvalue weighted by atomic mass is 10.1. The van der Waals surface area contributed by atoms with Gasteiger partial charge in [0, 0.05) is 11.8 Å². The highest BCUT2D eigenvalue weighted by molar-refractivity contribution is 7.99. The van der Waals surface area contributed by atoms with Crippen LogP contribution in [0.15, 0.2) is 35.5 Å². The number of hydrogen-bond acceptors (Lipinski definition) is 7. The summed E-state index contributed by atoms with van der Waals surface area (Å²) in [5, 5.41) is 15.3. The molecule has 9 heteroatoms. The highest BCUT2D eigenvalue weighted by Gasteiger charge is 2.17. The van der Waals surface area contributed by atoms with Gasteiger partial charge < -0.3 is 14.8 Å². The van der Waals surface area contributed by atoms with Crippen LogP contribution in [0.5, 0.6) is 11.5 Å². The number of carbonyl (C=O) groups is 1. The number of hydrogen-bond donors (Lipinski definition) is 1. The molecule has 4 rings (SSSR count). The van der Waals surface area contributed by atoms with Gasteiger partial charge in [-0.3, -0.25) is 4.79 Å². The molecule has 8 nitrogen and oxygen atoms in total. The molecule has 1 aromatic heterocycles. The maximum atomic E-state index is 12.5. The van der Waals surface area contributed by atoms with Gasteiger partial charge in [-0.15, -0.1) is 5.10 Å². The second kappa shape index (κ2) is 7.51. The number of nitrogens with zero attached hydrogens (tertiary/aromatic N) is 4. The van der Waals surface area contributed by atoms with Gasteiger partial charge in [-0.25, -0.2) is 0 Å². The zero-order valence-electron chi connectivity index (χ0n) is 15.7. The third kappa shape index (κ3) is 3.65. The SMILES string of the molecule is Cc1cc(C)c(NC(=O)CSc2nnnn2-c2ccc3c(c2)OCO3)c(C)c1. The van der Waals surface area contributed by atoms with Gasteiger partial charge in [0.1, 0.15) is 0 Å². The third-order valence-electron chi connectivity index (χ3n) is 4.32. The van der Waals surface area contributed by atoms with Crippen molar-refractivity contribution in [2.75, 3.05) is 17.9 Å². The van der Waals surface area contributed by atoms with Crippen LogP contribution in [0, 0.1) is 20.8 Å². The van der Waals surface area contributed by atoms with Gasteiger partial charge in [0.2, 0.25) is 17.9 Å². The highest BCUT2D eigenvalue weighted by Crippen LogP contribution is 2.34. The van der Waals surface area contributed by atoms with Crippen molar-refractivity contribution in [1.82, 2.24) is 20.2 Å². The van der Waals surface area contributed by atoms with Crippen LogP contribution >= 0.6 is 11.8 Å². The van der Waals surface area contributed by atoms with Gasteiger partial charge in [-0.2, -0.15) is 4.68 Å². The second-order valence-electron chi connectivity index (χ2n) is 6.52. The number of ether oxygens (including phenoxy) is 2. The molecular weight excluding hydrogens is 378 g/mol. The topological polar surface area (TPSA) is 91.2 Å². The maximum Gasteiger partial charge on any atom is 0.234 e. The Hall–Kier alpha value is -3.07. The number of amides is 1. The van der Waals surface area contributed by atoms with Gasteiger partial charge in [0.05, 0.1) is 11.4 Å². The van der Waals surface area contributed by atoms with Gasteiger partial charge in [0.25, 0.3) is 0 Å². The molecule has 1 amide bonds. The van der Waals surface area contributed by atoms with E-state index in [0.29, 0.717) is 16.7 Å². The number of anilines is 1. The van der Waals surface area contributed by atoms with Gasteiger partial charge in [-0.1, -0.05) is 29.5 Å². The number of aromatic nitrogens is 4. The summed E-state index contributed by atoms with van der Waals surface area (Å²) in [5.41, 5.74) is 4.85. The monoisotopic (exact) mass is 397 g/mol. The first-order valence-corrected chi connectivity index (χ1v) is 9.69. The Balaban J connectivity index is 1.45. The van der Waals surface area contributed by atoms with E-state index in [0.717, 1.165) is 22.5 Å². The average molecular weight is 397 g/mol. The molecule has 0 spiro atoms. The number of nitrogens with one attached hydrogen (secondary N) is 1. The number of benzene rings is 2. The lowest BCUT2D eigenvalue weighted by Crippen LogP contribution is -2.16. The Morgan fingerprint density at radius 1 is 1.14 bits per heavy atom. The van der Waals surface area contributed by atoms with E-state index >= 15 is 0 Å². The fourth-order valence-corrected chi connectivity index (χ4v) is 3.82. The van der Waals surface area contributed by atoms with Crippen LogP contribution in [0.2, 0.25) is 0 Å². The number of rotatable bonds is 5. The first kappa shape index (κ1) is 18.3. The number of fused-ring (bicyclic) bond motifs is 1. The summed E-state index contributed by atoms with van der Waals surface area (Å²) in [5.74, 6) is 1.42. The van der Waals surface area contributed by atoms with Crippen molar-refractivity contribution >= 4 is 23.4 Å². The van der Waals surface area contributed by atoms with Crippen molar-refractivity contribution in [3.8, 4) is 17.2 Å². The normalized spacial score (nSPS) is 12.2. The van der Waals surface area contributed by atoms with E-state index in [-0.39, 0.29) is 18.5 Å². The largest absolute Gasteiger partial charge is 0.454 e. The molecule has 1 N–H and O–H groups in total. The number of tetrazole rings is 1. The van der Waals surface area contributed by atoms with E-state index in [9.17, 15) is 4.79 Å². The summed E-state index contributed by atoms with van der Waals surface area (Å²) >= 11 is 1.27. The minimum Gasteiger partial charge on any atom is -0.454 e. The molecular formula is C19H19N5O3S. The molecule has 0 bridgehead atoms. The molecule has 1 aliphatic rings. The zero-order valence-corrected chi connectivity index (χ0v) is 16.5. The Morgan fingerprint density at radius 2 is 1.89 bits per heavy atom. The summed E-state index contributed by atoms with van der Waals surface area (Å²) < 4.78 is 12.3. The van der Waals surface area contributed by atoms with Gasteiger partial charge >= 0.3 is 0 Å². The first-order valence-electron chi connectivity index (χ1n) is 8.70. The Bertz CT molecular complexity index is 1030. The van der Waals surface area contributed by atoms with E-state index in [1.54, 1.807) is 4.68 Å². The van der Waals surface area contributed by atoms with Crippen molar-refractivity contribution in [3.63, 3.8) is 0 Å². The average Bonchev–Trinajstić information content (AvgIpc) is 3.31. The Kier molecular flexibility index (Phi) is 4.91. The molecule has 0 fully saturated rings. The van der Waals surface area contributed by atoms with Crippen LogP contribution in [0.1, 0.15) is 16.7 Å². The molecule has 144 valence electrons. The standard InChI is InChI=1S/C19H19N5O3S/c1-11-6-12(2)18(13(3)7-11)20-17(25)9-28-19-21-22-23-24(19)14-4-5-15-16(8-14)27-10-26-15/h4-8H,9-10H2,1-3H3,(H,20,25). The van der Waals surface area contributed by atoms with Gasteiger partial charge in [0.15, 0.2) is 11.5 Å². The van der Waals surface area contributed by atoms with E-state index in [1.165, 1.54) is 17.3 Å². The fourth-order valence-electron chi connectivity index (χ4n) is 3.13. The molecule has 2 heterocycles.